The maximum absolute atomic E-state index is 12.9. The molecule has 3 rings (SSSR count). The molecule has 0 radical (unpaired) electrons. The third kappa shape index (κ3) is 2.61. The predicted octanol–water partition coefficient (Wildman–Crippen LogP) is 2.68. The zero-order valence-electron chi connectivity index (χ0n) is 11.3. The Morgan fingerprint density at radius 3 is 1.71 bits per heavy atom. The number of carbonyl (C=O) groups excluding carboxylic acids is 1. The smallest absolute Gasteiger partial charge is 0.175 e. The van der Waals surface area contributed by atoms with E-state index in [9.17, 15) is 17.6 Å². The molecule has 1 aliphatic rings. The summed E-state index contributed by atoms with van der Waals surface area (Å²) in [5.74, 6) is -0.770. The molecule has 3 nitrogen and oxygen atoms in total. The van der Waals surface area contributed by atoms with Gasteiger partial charge >= 0.3 is 0 Å². The summed E-state index contributed by atoms with van der Waals surface area (Å²) in [6, 6.07) is 12.3. The average Bonchev–Trinajstić information content (AvgIpc) is 3.10. The van der Waals surface area contributed by atoms with Gasteiger partial charge in [0, 0.05) is 6.26 Å². The summed E-state index contributed by atoms with van der Waals surface area (Å²) in [6.07, 6.45) is 1.14. The molecule has 0 N–H and O–H groups in total. The number of hydrogen-bond acceptors (Lipinski definition) is 3. The van der Waals surface area contributed by atoms with Crippen LogP contribution in [0.15, 0.2) is 53.4 Å². The lowest BCUT2D eigenvalue weighted by atomic mass is 10.0. The molecular weight excluding hydrogens is 291 g/mol. The molecule has 0 amide bonds. The fourth-order valence-corrected chi connectivity index (χ4v) is 3.18. The molecule has 0 aromatic heterocycles. The standard InChI is InChI=1S/C16H13FO3S/c1-21(19,20)13-8-4-11(5-9-13)15-14(16(15)18)10-2-6-12(17)7-3-10/h2-9,14-15H,1H3. The van der Waals surface area contributed by atoms with Crippen LogP contribution in [-0.4, -0.2) is 20.5 Å². The molecule has 2 unspecified atom stereocenters. The zero-order valence-corrected chi connectivity index (χ0v) is 12.1. The van der Waals surface area contributed by atoms with Crippen molar-refractivity contribution in [2.45, 2.75) is 16.7 Å². The molecule has 1 fully saturated rings. The quantitative estimate of drug-likeness (QED) is 0.876. The highest BCUT2D eigenvalue weighted by Gasteiger charge is 2.50. The first-order valence-electron chi connectivity index (χ1n) is 6.47. The van der Waals surface area contributed by atoms with E-state index in [2.05, 4.69) is 0 Å². The topological polar surface area (TPSA) is 51.2 Å². The highest BCUT2D eigenvalue weighted by molar-refractivity contribution is 7.90. The number of carbonyl (C=O) groups is 1. The van der Waals surface area contributed by atoms with Gasteiger partial charge in [0.15, 0.2) is 9.84 Å². The van der Waals surface area contributed by atoms with E-state index in [0.717, 1.165) is 17.4 Å². The van der Waals surface area contributed by atoms with Gasteiger partial charge in [-0.3, -0.25) is 4.79 Å². The number of ketones is 1. The highest BCUT2D eigenvalue weighted by Crippen LogP contribution is 2.50. The normalized spacial score (nSPS) is 21.3. The molecule has 5 heteroatoms. The second kappa shape index (κ2) is 4.77. The molecule has 0 saturated heterocycles. The largest absolute Gasteiger partial charge is 0.298 e. The Hall–Kier alpha value is -2.01. The van der Waals surface area contributed by atoms with E-state index in [1.807, 2.05) is 0 Å². The highest BCUT2D eigenvalue weighted by atomic mass is 32.2. The Labute approximate surface area is 122 Å². The Morgan fingerprint density at radius 2 is 1.29 bits per heavy atom. The molecule has 2 atom stereocenters. The molecule has 0 spiro atoms. The van der Waals surface area contributed by atoms with E-state index < -0.39 is 9.84 Å². The molecule has 0 aliphatic heterocycles. The zero-order chi connectivity index (χ0) is 15.2. The van der Waals surface area contributed by atoms with Crippen LogP contribution in [0.3, 0.4) is 0 Å². The van der Waals surface area contributed by atoms with Crippen molar-refractivity contribution in [3.05, 3.63) is 65.5 Å². The summed E-state index contributed by atoms with van der Waals surface area (Å²) in [7, 11) is -3.24. The van der Waals surface area contributed by atoms with Gasteiger partial charge in [-0.15, -0.1) is 0 Å². The van der Waals surface area contributed by atoms with Crippen LogP contribution in [0.4, 0.5) is 4.39 Å². The first-order chi connectivity index (χ1) is 9.88. The van der Waals surface area contributed by atoms with Gasteiger partial charge in [-0.25, -0.2) is 12.8 Å². The van der Waals surface area contributed by atoms with Crippen LogP contribution in [0.1, 0.15) is 23.0 Å². The molecule has 1 aliphatic carbocycles. The SMILES string of the molecule is CS(=O)(=O)c1ccc(C2C(=O)C2c2ccc(F)cc2)cc1. The first kappa shape index (κ1) is 13.9. The number of rotatable bonds is 3. The van der Waals surface area contributed by atoms with E-state index in [1.165, 1.54) is 24.3 Å². The first-order valence-corrected chi connectivity index (χ1v) is 8.36. The summed E-state index contributed by atoms with van der Waals surface area (Å²) in [5.41, 5.74) is 1.58. The Bertz CT molecular complexity index is 792. The fourth-order valence-electron chi connectivity index (χ4n) is 2.55. The minimum absolute atomic E-state index is 0.0775. The van der Waals surface area contributed by atoms with Gasteiger partial charge in [-0.2, -0.15) is 0 Å². The van der Waals surface area contributed by atoms with Gasteiger partial charge in [-0.05, 0) is 35.4 Å². The second-order valence-corrected chi connectivity index (χ2v) is 7.27. The monoisotopic (exact) mass is 304 g/mol. The van der Waals surface area contributed by atoms with Gasteiger partial charge in [0.25, 0.3) is 0 Å². The van der Waals surface area contributed by atoms with Crippen LogP contribution in [0.25, 0.3) is 0 Å². The van der Waals surface area contributed by atoms with Crippen molar-refractivity contribution in [1.82, 2.24) is 0 Å². The second-order valence-electron chi connectivity index (χ2n) is 5.25. The number of sulfone groups is 1. The lowest BCUT2D eigenvalue weighted by molar-refractivity contribution is -0.110. The van der Waals surface area contributed by atoms with Crippen molar-refractivity contribution < 1.29 is 17.6 Å². The van der Waals surface area contributed by atoms with E-state index >= 15 is 0 Å². The van der Waals surface area contributed by atoms with Crippen LogP contribution < -0.4 is 0 Å². The molecule has 21 heavy (non-hydrogen) atoms. The maximum atomic E-state index is 12.9. The minimum atomic E-state index is -3.24. The van der Waals surface area contributed by atoms with E-state index in [1.54, 1.807) is 24.3 Å². The van der Waals surface area contributed by atoms with Gasteiger partial charge in [-0.1, -0.05) is 24.3 Å². The third-order valence-corrected chi connectivity index (χ3v) is 4.86. The van der Waals surface area contributed by atoms with Crippen molar-refractivity contribution in [2.24, 2.45) is 0 Å². The van der Waals surface area contributed by atoms with E-state index in [0.29, 0.717) is 0 Å². The molecule has 0 heterocycles. The van der Waals surface area contributed by atoms with Gasteiger partial charge in [0.1, 0.15) is 11.6 Å². The maximum Gasteiger partial charge on any atom is 0.175 e. The molecule has 108 valence electrons. The van der Waals surface area contributed by atoms with Crippen LogP contribution in [0.5, 0.6) is 0 Å². The van der Waals surface area contributed by atoms with Gasteiger partial charge in [0.2, 0.25) is 0 Å². The number of Topliss-reactive ketones (excluding diaryl/α,β-unsaturated/α-hetero) is 1. The summed E-state index contributed by atoms with van der Waals surface area (Å²) in [5, 5.41) is 0. The average molecular weight is 304 g/mol. The van der Waals surface area contributed by atoms with Crippen molar-refractivity contribution in [2.75, 3.05) is 6.26 Å². The summed E-state index contributed by atoms with van der Waals surface area (Å²) < 4.78 is 35.7. The van der Waals surface area contributed by atoms with Crippen LogP contribution in [0, 0.1) is 5.82 Å². The number of benzene rings is 2. The van der Waals surface area contributed by atoms with E-state index in [-0.39, 0.29) is 28.3 Å². The Morgan fingerprint density at radius 1 is 0.857 bits per heavy atom. The van der Waals surface area contributed by atoms with Crippen molar-refractivity contribution in [3.63, 3.8) is 0 Å². The molecular formula is C16H13FO3S. The molecule has 0 bridgehead atoms. The molecule has 2 aromatic carbocycles. The summed E-state index contributed by atoms with van der Waals surface area (Å²) in [4.78, 5) is 12.2. The number of hydrogen-bond donors (Lipinski definition) is 0. The van der Waals surface area contributed by atoms with Crippen LogP contribution in [0.2, 0.25) is 0 Å². The minimum Gasteiger partial charge on any atom is -0.298 e. The molecule has 2 aromatic rings. The fraction of sp³-hybridized carbons (Fsp3) is 0.188. The molecule has 1 saturated carbocycles. The van der Waals surface area contributed by atoms with Crippen molar-refractivity contribution in [3.8, 4) is 0 Å². The van der Waals surface area contributed by atoms with Crippen molar-refractivity contribution >= 4 is 15.6 Å². The summed E-state index contributed by atoms with van der Waals surface area (Å²) in [6.45, 7) is 0. The summed E-state index contributed by atoms with van der Waals surface area (Å²) >= 11 is 0. The van der Waals surface area contributed by atoms with Crippen LogP contribution in [-0.2, 0) is 14.6 Å². The van der Waals surface area contributed by atoms with Gasteiger partial charge in [0.05, 0.1) is 16.7 Å². The Balaban J connectivity index is 1.86. The van der Waals surface area contributed by atoms with E-state index in [4.69, 9.17) is 0 Å². The lowest BCUT2D eigenvalue weighted by Crippen LogP contribution is -1.96. The third-order valence-electron chi connectivity index (χ3n) is 3.73. The Kier molecular flexibility index (Phi) is 3.17. The van der Waals surface area contributed by atoms with Crippen LogP contribution >= 0.6 is 0 Å². The predicted molar refractivity (Wildman–Crippen MR) is 76.4 cm³/mol. The van der Waals surface area contributed by atoms with Gasteiger partial charge < -0.3 is 0 Å². The lowest BCUT2D eigenvalue weighted by Gasteiger charge is -2.02. The number of halogens is 1. The van der Waals surface area contributed by atoms with Crippen molar-refractivity contribution in [1.29, 1.82) is 0 Å².